The van der Waals surface area contributed by atoms with E-state index in [0.717, 1.165) is 47.7 Å². The van der Waals surface area contributed by atoms with Gasteiger partial charge in [0.15, 0.2) is 0 Å². The van der Waals surface area contributed by atoms with Crippen molar-refractivity contribution in [2.24, 2.45) is 29.4 Å². The molecule has 0 aliphatic heterocycles. The number of hydrogen-bond acceptors (Lipinski definition) is 2. The maximum absolute atomic E-state index is 6.40. The number of rotatable bonds is 18. The van der Waals surface area contributed by atoms with Crippen molar-refractivity contribution in [3.63, 3.8) is 0 Å². The molecule has 2 aromatic carbocycles. The molecule has 0 fully saturated rings. The van der Waals surface area contributed by atoms with Crippen molar-refractivity contribution in [1.82, 2.24) is 0 Å². The van der Waals surface area contributed by atoms with Crippen LogP contribution in [-0.2, 0) is 0 Å². The first-order valence-corrected chi connectivity index (χ1v) is 14.4. The minimum atomic E-state index is -0.0919. The highest BCUT2D eigenvalue weighted by Gasteiger charge is 2.10. The van der Waals surface area contributed by atoms with Crippen LogP contribution in [-0.4, -0.2) is 6.61 Å². The topological polar surface area (TPSA) is 35.2 Å². The van der Waals surface area contributed by atoms with E-state index in [4.69, 9.17) is 10.5 Å². The molecule has 0 saturated heterocycles. The standard InChI is InChI=1S/C33H53NO/c1-26(2)12-9-13-27(3)14-10-15-28(4)16-11-17-29(5)24-25-35-32-22-20-31(21-23-32)33(34)30-18-7-6-8-19-30/h6-8,18-23,26-29,33H,9-17,24-25,34H2,1-5H3. The van der Waals surface area contributed by atoms with Crippen molar-refractivity contribution in [2.75, 3.05) is 6.61 Å². The van der Waals surface area contributed by atoms with E-state index < -0.39 is 0 Å². The van der Waals surface area contributed by atoms with Crippen LogP contribution < -0.4 is 10.5 Å². The van der Waals surface area contributed by atoms with Gasteiger partial charge in [0.2, 0.25) is 0 Å². The van der Waals surface area contributed by atoms with Gasteiger partial charge in [-0.1, -0.05) is 135 Å². The summed E-state index contributed by atoms with van der Waals surface area (Å²) in [4.78, 5) is 0. The molecule has 0 spiro atoms. The lowest BCUT2D eigenvalue weighted by Crippen LogP contribution is -2.11. The molecule has 0 heterocycles. The van der Waals surface area contributed by atoms with Crippen molar-refractivity contribution < 1.29 is 4.74 Å². The van der Waals surface area contributed by atoms with Crippen LogP contribution in [0.3, 0.4) is 0 Å². The average molecular weight is 480 g/mol. The summed E-state index contributed by atoms with van der Waals surface area (Å²) in [6, 6.07) is 18.4. The fraction of sp³-hybridized carbons (Fsp3) is 0.636. The van der Waals surface area contributed by atoms with Crippen molar-refractivity contribution in [1.29, 1.82) is 0 Å². The molecule has 196 valence electrons. The molecule has 0 aliphatic carbocycles. The lowest BCUT2D eigenvalue weighted by molar-refractivity contribution is 0.274. The SMILES string of the molecule is CC(C)CCCC(C)CCCC(C)CCCC(C)CCOc1ccc(C(N)c2ccccc2)cc1. The van der Waals surface area contributed by atoms with E-state index in [1.807, 2.05) is 18.2 Å². The molecular weight excluding hydrogens is 426 g/mol. The highest BCUT2D eigenvalue weighted by Crippen LogP contribution is 2.24. The Hall–Kier alpha value is -1.80. The lowest BCUT2D eigenvalue weighted by atomic mass is 9.91. The average Bonchev–Trinajstić information content (AvgIpc) is 2.84. The number of hydrogen-bond donors (Lipinski definition) is 1. The summed E-state index contributed by atoms with van der Waals surface area (Å²) in [5, 5.41) is 0. The van der Waals surface area contributed by atoms with Crippen molar-refractivity contribution in [2.45, 2.75) is 105 Å². The molecule has 0 radical (unpaired) electrons. The van der Waals surface area contributed by atoms with Crippen LogP contribution in [0.5, 0.6) is 5.75 Å². The second-order valence-electron chi connectivity index (χ2n) is 11.6. The Morgan fingerprint density at radius 2 is 1.03 bits per heavy atom. The minimum Gasteiger partial charge on any atom is -0.494 e. The number of ether oxygens (including phenoxy) is 1. The van der Waals surface area contributed by atoms with E-state index in [0.29, 0.717) is 5.92 Å². The lowest BCUT2D eigenvalue weighted by Gasteiger charge is -2.17. The Labute approximate surface area is 217 Å². The smallest absolute Gasteiger partial charge is 0.119 e. The second-order valence-corrected chi connectivity index (χ2v) is 11.6. The zero-order chi connectivity index (χ0) is 25.5. The number of nitrogens with two attached hydrogens (primary N) is 1. The van der Waals surface area contributed by atoms with Crippen LogP contribution >= 0.6 is 0 Å². The van der Waals surface area contributed by atoms with Gasteiger partial charge in [-0.05, 0) is 53.4 Å². The Kier molecular flexibility index (Phi) is 14.1. The minimum absolute atomic E-state index is 0.0919. The summed E-state index contributed by atoms with van der Waals surface area (Å²) < 4.78 is 6.02. The Morgan fingerprint density at radius 3 is 1.54 bits per heavy atom. The van der Waals surface area contributed by atoms with Crippen LogP contribution in [0.25, 0.3) is 0 Å². The Morgan fingerprint density at radius 1 is 0.571 bits per heavy atom. The first kappa shape index (κ1) is 29.4. The third-order valence-electron chi connectivity index (χ3n) is 7.54. The third kappa shape index (κ3) is 12.6. The van der Waals surface area contributed by atoms with Gasteiger partial charge < -0.3 is 10.5 Å². The van der Waals surface area contributed by atoms with Gasteiger partial charge in [-0.2, -0.15) is 0 Å². The summed E-state index contributed by atoms with van der Waals surface area (Å²) in [7, 11) is 0. The molecule has 0 aromatic heterocycles. The normalized spacial score (nSPS) is 15.1. The largest absolute Gasteiger partial charge is 0.494 e. The van der Waals surface area contributed by atoms with Gasteiger partial charge in [-0.3, -0.25) is 0 Å². The summed E-state index contributed by atoms with van der Waals surface area (Å²) in [6.07, 6.45) is 13.6. The molecule has 4 atom stereocenters. The van der Waals surface area contributed by atoms with E-state index in [1.165, 1.54) is 57.8 Å². The van der Waals surface area contributed by atoms with Crippen LogP contribution in [0.15, 0.2) is 54.6 Å². The van der Waals surface area contributed by atoms with Crippen LogP contribution in [0.2, 0.25) is 0 Å². The fourth-order valence-electron chi connectivity index (χ4n) is 4.94. The molecule has 0 bridgehead atoms. The predicted octanol–water partition coefficient (Wildman–Crippen LogP) is 9.58. The zero-order valence-corrected chi connectivity index (χ0v) is 23.3. The van der Waals surface area contributed by atoms with Gasteiger partial charge >= 0.3 is 0 Å². The van der Waals surface area contributed by atoms with E-state index in [9.17, 15) is 0 Å². The maximum Gasteiger partial charge on any atom is 0.119 e. The van der Waals surface area contributed by atoms with Gasteiger partial charge in [0, 0.05) is 0 Å². The van der Waals surface area contributed by atoms with Gasteiger partial charge in [0.1, 0.15) is 5.75 Å². The molecule has 0 saturated carbocycles. The Bertz CT molecular complexity index is 769. The molecule has 0 aliphatic rings. The van der Waals surface area contributed by atoms with Crippen molar-refractivity contribution in [3.8, 4) is 5.75 Å². The molecule has 0 amide bonds. The second kappa shape index (κ2) is 16.8. The van der Waals surface area contributed by atoms with Gasteiger partial charge in [0.25, 0.3) is 0 Å². The maximum atomic E-state index is 6.40. The summed E-state index contributed by atoms with van der Waals surface area (Å²) in [6.45, 7) is 12.7. The summed E-state index contributed by atoms with van der Waals surface area (Å²) >= 11 is 0. The van der Waals surface area contributed by atoms with Crippen molar-refractivity contribution >= 4 is 0 Å². The molecule has 4 unspecified atom stereocenters. The van der Waals surface area contributed by atoms with Gasteiger partial charge in [-0.15, -0.1) is 0 Å². The van der Waals surface area contributed by atoms with Gasteiger partial charge in [-0.25, -0.2) is 0 Å². The molecule has 2 rings (SSSR count). The number of benzene rings is 2. The van der Waals surface area contributed by atoms with E-state index >= 15 is 0 Å². The molecule has 35 heavy (non-hydrogen) atoms. The first-order chi connectivity index (χ1) is 16.8. The van der Waals surface area contributed by atoms with Crippen molar-refractivity contribution in [3.05, 3.63) is 65.7 Å². The van der Waals surface area contributed by atoms with E-state index in [-0.39, 0.29) is 6.04 Å². The van der Waals surface area contributed by atoms with Crippen LogP contribution in [0.1, 0.15) is 116 Å². The van der Waals surface area contributed by atoms with Crippen LogP contribution in [0.4, 0.5) is 0 Å². The Balaban J connectivity index is 1.53. The summed E-state index contributed by atoms with van der Waals surface area (Å²) in [5.74, 6) is 4.27. The quantitative estimate of drug-likeness (QED) is 0.231. The first-order valence-electron chi connectivity index (χ1n) is 14.4. The molecular formula is C33H53NO. The predicted molar refractivity (Wildman–Crippen MR) is 153 cm³/mol. The monoisotopic (exact) mass is 479 g/mol. The summed E-state index contributed by atoms with van der Waals surface area (Å²) in [5.41, 5.74) is 8.65. The molecule has 2 nitrogen and oxygen atoms in total. The van der Waals surface area contributed by atoms with E-state index in [2.05, 4.69) is 71.0 Å². The third-order valence-corrected chi connectivity index (χ3v) is 7.54. The highest BCUT2D eigenvalue weighted by molar-refractivity contribution is 5.35. The highest BCUT2D eigenvalue weighted by atomic mass is 16.5. The molecule has 2 N–H and O–H groups in total. The van der Waals surface area contributed by atoms with Crippen LogP contribution in [0, 0.1) is 23.7 Å². The van der Waals surface area contributed by atoms with E-state index in [1.54, 1.807) is 0 Å². The zero-order valence-electron chi connectivity index (χ0n) is 23.3. The van der Waals surface area contributed by atoms with Gasteiger partial charge in [0.05, 0.1) is 12.6 Å². The fourth-order valence-corrected chi connectivity index (χ4v) is 4.94. The molecule has 2 heteroatoms. The molecule has 2 aromatic rings.